The first-order valence-electron chi connectivity index (χ1n) is 24.9. The van der Waals surface area contributed by atoms with Gasteiger partial charge in [-0.25, -0.2) is 9.59 Å². The summed E-state index contributed by atoms with van der Waals surface area (Å²) < 4.78 is 20.2. The van der Waals surface area contributed by atoms with Crippen LogP contribution in [0.15, 0.2) is 5.16 Å². The maximum Gasteiger partial charge on any atom is 0.359 e. The third-order valence-corrected chi connectivity index (χ3v) is 13.9. The minimum absolute atomic E-state index is 0.180. The van der Waals surface area contributed by atoms with E-state index in [1.165, 1.54) is 16.8 Å². The van der Waals surface area contributed by atoms with Crippen molar-refractivity contribution in [1.82, 2.24) is 61.2 Å². The number of hydrogen-bond donors (Lipinski definition) is 8. The van der Waals surface area contributed by atoms with Crippen LogP contribution < -0.4 is 5.73 Å². The predicted molar refractivity (Wildman–Crippen MR) is 282 cm³/mol. The third kappa shape index (κ3) is 14.5. The maximum atomic E-state index is 11.7. The number of aromatic amines is 6. The number of fused-ring (bicyclic) bond motifs is 4. The number of oxime groups is 1. The first-order chi connectivity index (χ1) is 36.3. The molecule has 6 heterocycles. The number of halogens is 1. The number of ketones is 2. The molecule has 0 spiro atoms. The van der Waals surface area contributed by atoms with Gasteiger partial charge in [0.25, 0.3) is 0 Å². The second kappa shape index (κ2) is 28.0. The highest BCUT2D eigenvalue weighted by Gasteiger charge is 2.40. The van der Waals surface area contributed by atoms with Crippen LogP contribution >= 0.6 is 22.6 Å². The van der Waals surface area contributed by atoms with E-state index in [4.69, 9.17) is 29.9 Å². The number of esters is 4. The molecule has 1 unspecified atom stereocenters. The second-order valence-electron chi connectivity index (χ2n) is 17.7. The maximum absolute atomic E-state index is 11.7. The number of aromatic nitrogens is 12. The molecule has 0 amide bonds. The van der Waals surface area contributed by atoms with Gasteiger partial charge in [0.1, 0.15) is 28.7 Å². The number of rotatable bonds is 10. The molecule has 25 nitrogen and oxygen atoms in total. The minimum Gasteiger partial charge on any atom is -0.466 e. The Bertz CT molecular complexity index is 3030. The Morgan fingerprint density at radius 1 is 0.605 bits per heavy atom. The van der Waals surface area contributed by atoms with Gasteiger partial charge in [-0.15, -0.1) is 0 Å². The Hall–Kier alpha value is -7.36. The Morgan fingerprint density at radius 2 is 1.12 bits per heavy atom. The van der Waals surface area contributed by atoms with Crippen molar-refractivity contribution in [2.75, 3.05) is 26.4 Å². The first-order valence-corrected chi connectivity index (χ1v) is 26.0. The minimum atomic E-state index is -0.684. The molecule has 0 aromatic carbocycles. The summed E-state index contributed by atoms with van der Waals surface area (Å²) in [7, 11) is 0. The zero-order valence-electron chi connectivity index (χ0n) is 44.5. The van der Waals surface area contributed by atoms with Gasteiger partial charge in [0.05, 0.1) is 35.7 Å². The normalized spacial score (nSPS) is 15.7. The summed E-state index contributed by atoms with van der Waals surface area (Å²) >= 11 is 2.06. The molecule has 4 aliphatic rings. The van der Waals surface area contributed by atoms with Gasteiger partial charge >= 0.3 is 23.9 Å². The Kier molecular flexibility index (Phi) is 21.9. The molecular formula is C50H67IN14O11. The summed E-state index contributed by atoms with van der Waals surface area (Å²) in [5.74, 6) is -2.30. The van der Waals surface area contributed by atoms with Crippen LogP contribution in [-0.4, -0.2) is 134 Å². The third-order valence-electron chi connectivity index (χ3n) is 12.6. The van der Waals surface area contributed by atoms with Crippen LogP contribution in [-0.2, 0) is 60.6 Å². The van der Waals surface area contributed by atoms with Crippen LogP contribution in [0.5, 0.6) is 0 Å². The number of nitrogens with two attached hydrogens (primary N) is 1. The van der Waals surface area contributed by atoms with Gasteiger partial charge in [-0.3, -0.25) is 49.8 Å². The number of ether oxygens (including phenoxy) is 4. The fourth-order valence-electron chi connectivity index (χ4n) is 8.47. The number of nitrogens with zero attached hydrogens (tertiary/aromatic N) is 7. The van der Waals surface area contributed by atoms with Gasteiger partial charge in [0.2, 0.25) is 0 Å². The van der Waals surface area contributed by atoms with Gasteiger partial charge in [-0.1, -0.05) is 5.16 Å². The lowest BCUT2D eigenvalue weighted by Crippen LogP contribution is -2.23. The molecule has 6 aromatic rings. The van der Waals surface area contributed by atoms with Gasteiger partial charge in [-0.05, 0) is 142 Å². The molecule has 4 aliphatic carbocycles. The second-order valence-corrected chi connectivity index (χ2v) is 18.7. The molecule has 10 rings (SSSR count). The molecule has 410 valence electrons. The van der Waals surface area contributed by atoms with E-state index in [-0.39, 0.29) is 41.7 Å². The number of H-pyrrole nitrogens is 6. The highest BCUT2D eigenvalue weighted by molar-refractivity contribution is 14.1. The van der Waals surface area contributed by atoms with Gasteiger partial charge in [0.15, 0.2) is 23.0 Å². The van der Waals surface area contributed by atoms with Crippen LogP contribution in [0.3, 0.4) is 0 Å². The summed E-state index contributed by atoms with van der Waals surface area (Å²) in [6, 6.07) is 0.181. The lowest BCUT2D eigenvalue weighted by Gasteiger charge is -2.06. The molecule has 26 heteroatoms. The van der Waals surface area contributed by atoms with Crippen LogP contribution in [0.4, 0.5) is 0 Å². The summed E-state index contributed by atoms with van der Waals surface area (Å²) in [5, 5.41) is 52.2. The fraction of sp³-hybridized carbons (Fsp3) is 0.500. The highest BCUT2D eigenvalue weighted by Crippen LogP contribution is 2.30. The molecule has 0 saturated carbocycles. The van der Waals surface area contributed by atoms with E-state index >= 15 is 0 Å². The SMILES string of the molecule is CCOC(=O)C1Cc2c(n[nH]c2C)C1=O.CCOC(=O)CCc1c(C(=O)OCC)n[nH]c1C.CCOC(=O)c1n[nH]c(C)c1I.Cc1[nH]nc2c1CCC2=NO.Cc1[nH]nc2c1CCC2=O.Cc1[nH]nc2c1CC[C@H]2N. The van der Waals surface area contributed by atoms with E-state index in [0.29, 0.717) is 74.0 Å². The van der Waals surface area contributed by atoms with E-state index in [1.807, 2.05) is 34.6 Å². The molecule has 2 atom stereocenters. The molecule has 76 heavy (non-hydrogen) atoms. The zero-order chi connectivity index (χ0) is 55.8. The van der Waals surface area contributed by atoms with E-state index in [9.17, 15) is 28.8 Å². The average molecular weight is 1170 g/mol. The molecule has 0 fully saturated rings. The number of nitrogens with one attached hydrogen (secondary N) is 6. The predicted octanol–water partition coefficient (Wildman–Crippen LogP) is 5.88. The van der Waals surface area contributed by atoms with E-state index in [1.54, 1.807) is 34.6 Å². The summed E-state index contributed by atoms with van der Waals surface area (Å²) in [4.78, 5) is 68.3. The van der Waals surface area contributed by atoms with Crippen molar-refractivity contribution in [2.45, 2.75) is 133 Å². The van der Waals surface area contributed by atoms with Crippen molar-refractivity contribution in [1.29, 1.82) is 0 Å². The number of hydrogen-bond acceptors (Lipinski definition) is 19. The molecule has 0 bridgehead atoms. The monoisotopic (exact) mass is 1170 g/mol. The van der Waals surface area contributed by atoms with Crippen LogP contribution in [0.2, 0.25) is 0 Å². The molecule has 0 radical (unpaired) electrons. The summed E-state index contributed by atoms with van der Waals surface area (Å²) in [5.41, 5.74) is 21.1. The molecule has 6 aromatic heterocycles. The quantitative estimate of drug-likeness (QED) is 0.0198. The highest BCUT2D eigenvalue weighted by atomic mass is 127. The Balaban J connectivity index is 0.000000170. The van der Waals surface area contributed by atoms with E-state index < -0.39 is 17.9 Å². The standard InChI is InChI=1S/C12H18N2O4.C10H12N2O3.C7H9IN2O2.C7H9N3O.C7H11N3.C7H8N2O/c1-4-17-10(15)7-6-9-8(3)13-14-11(9)12(16)18-5-2;1-3-15-10(14)7-4-6-5(2)11-12-8(6)9(7)13;1-3-12-7(11)6-5(8)4(2)9-10-6;1-4-5-2-3-6(10-11)7(5)9-8-4;1-4-5-2-3-6(8)7(5)10-9-4;1-4-5-2-3-6(10)7(5)9-8-4/h4-7H2,1-3H3,(H,13,14);7H,3-4H2,1-2H3,(H,11,12);3H2,1-2H3,(H,9,10);11H,2-3H2,1H3,(H,8,9);6H,2-3,8H2,1H3,(H,9,10);2-3H2,1H3,(H,8,9)/t;;;;6-;/m....1./s1. The lowest BCUT2D eigenvalue weighted by atomic mass is 10.1. The Labute approximate surface area is 451 Å². The molecular weight excluding hydrogens is 1100 g/mol. The van der Waals surface area contributed by atoms with Gasteiger partial charge in [0, 0.05) is 75.3 Å². The van der Waals surface area contributed by atoms with Crippen molar-refractivity contribution < 1.29 is 52.9 Å². The van der Waals surface area contributed by atoms with Gasteiger partial charge in [-0.2, -0.15) is 30.6 Å². The fourth-order valence-corrected chi connectivity index (χ4v) is 8.93. The first kappa shape index (κ1) is 59.5. The van der Waals surface area contributed by atoms with E-state index in [2.05, 4.69) is 88.9 Å². The van der Waals surface area contributed by atoms with Crippen molar-refractivity contribution in [2.24, 2.45) is 16.8 Å². The largest absolute Gasteiger partial charge is 0.466 e. The molecule has 0 saturated heterocycles. The van der Waals surface area contributed by atoms with Crippen LogP contribution in [0.1, 0.15) is 175 Å². The number of carbonyl (C=O) groups is 6. The summed E-state index contributed by atoms with van der Waals surface area (Å²) in [6.07, 6.45) is 6.47. The van der Waals surface area contributed by atoms with Crippen LogP contribution in [0, 0.1) is 51.0 Å². The number of carbonyl (C=O) groups excluding carboxylic acids is 6. The number of aryl methyl sites for hydroxylation is 6. The zero-order valence-corrected chi connectivity index (χ0v) is 46.6. The van der Waals surface area contributed by atoms with E-state index in [0.717, 1.165) is 86.7 Å². The van der Waals surface area contributed by atoms with Crippen LogP contribution in [0.25, 0.3) is 0 Å². The summed E-state index contributed by atoms with van der Waals surface area (Å²) in [6.45, 7) is 19.8. The van der Waals surface area contributed by atoms with Crippen molar-refractivity contribution in [3.63, 3.8) is 0 Å². The Morgan fingerprint density at radius 3 is 1.68 bits per heavy atom. The van der Waals surface area contributed by atoms with Gasteiger partial charge < -0.3 is 29.9 Å². The molecule has 0 aliphatic heterocycles. The molecule has 9 N–H and O–H groups in total. The number of Topliss-reactive ketones (excluding diaryl/α,β-unsaturated/α-hetero) is 2. The smallest absolute Gasteiger partial charge is 0.359 e. The van der Waals surface area contributed by atoms with Crippen molar-refractivity contribution in [3.8, 4) is 0 Å². The van der Waals surface area contributed by atoms with Crippen molar-refractivity contribution in [3.05, 3.63) is 99.7 Å². The topological polar surface area (TPSA) is 370 Å². The van der Waals surface area contributed by atoms with Crippen molar-refractivity contribution >= 4 is 63.7 Å². The lowest BCUT2D eigenvalue weighted by molar-refractivity contribution is -0.146. The average Bonchev–Trinajstić information content (AvgIpc) is 4.27.